The zero-order valence-electron chi connectivity index (χ0n) is 7.28. The summed E-state index contributed by atoms with van der Waals surface area (Å²) < 4.78 is 6.77. The van der Waals surface area contributed by atoms with Gasteiger partial charge in [-0.05, 0) is 6.07 Å². The first-order chi connectivity index (χ1) is 5.70. The average Bonchev–Trinajstić information content (AvgIpc) is 2.03. The molecule has 3 nitrogen and oxygen atoms in total. The summed E-state index contributed by atoms with van der Waals surface area (Å²) in [6.07, 6.45) is 1.92. The quantitative estimate of drug-likeness (QED) is 0.475. The van der Waals surface area contributed by atoms with Crippen LogP contribution in [0.2, 0.25) is 0 Å². The van der Waals surface area contributed by atoms with Gasteiger partial charge in [0.2, 0.25) is 5.69 Å². The average molecular weight is 166 g/mol. The minimum Gasteiger partial charge on any atom is -0.455 e. The van der Waals surface area contributed by atoms with Crippen molar-refractivity contribution in [3.63, 3.8) is 0 Å². The smallest absolute Gasteiger partial charge is 0.303 e. The summed E-state index contributed by atoms with van der Waals surface area (Å²) >= 11 is 0. The minimum absolute atomic E-state index is 0.251. The van der Waals surface area contributed by atoms with E-state index in [1.54, 1.807) is 0 Å². The summed E-state index contributed by atoms with van der Waals surface area (Å²) in [5, 5.41) is 0. The van der Waals surface area contributed by atoms with Crippen LogP contribution in [-0.4, -0.2) is 5.97 Å². The van der Waals surface area contributed by atoms with Crippen LogP contribution < -0.4 is 4.57 Å². The molecular formula is C9H12NO2+. The number of pyridine rings is 1. The van der Waals surface area contributed by atoms with Crippen LogP contribution in [0.4, 0.5) is 0 Å². The van der Waals surface area contributed by atoms with Crippen LogP contribution in [0.15, 0.2) is 24.4 Å². The van der Waals surface area contributed by atoms with Gasteiger partial charge < -0.3 is 4.74 Å². The molecule has 12 heavy (non-hydrogen) atoms. The predicted molar refractivity (Wildman–Crippen MR) is 43.1 cm³/mol. The largest absolute Gasteiger partial charge is 0.455 e. The molecule has 0 saturated heterocycles. The Morgan fingerprint density at radius 1 is 1.58 bits per heavy atom. The van der Waals surface area contributed by atoms with E-state index in [1.165, 1.54) is 6.92 Å². The first kappa shape index (κ1) is 8.71. The van der Waals surface area contributed by atoms with E-state index in [0.29, 0.717) is 6.61 Å². The fourth-order valence-corrected chi connectivity index (χ4v) is 0.884. The monoisotopic (exact) mass is 166 g/mol. The Balaban J connectivity index is 2.63. The van der Waals surface area contributed by atoms with Crippen molar-refractivity contribution in [1.29, 1.82) is 0 Å². The summed E-state index contributed by atoms with van der Waals surface area (Å²) in [4.78, 5) is 10.5. The van der Waals surface area contributed by atoms with Crippen molar-refractivity contribution in [2.45, 2.75) is 13.5 Å². The lowest BCUT2D eigenvalue weighted by Crippen LogP contribution is -2.33. The molecule has 0 amide bonds. The molecule has 0 aliphatic heterocycles. The van der Waals surface area contributed by atoms with Gasteiger partial charge in [-0.15, -0.1) is 0 Å². The van der Waals surface area contributed by atoms with Gasteiger partial charge in [-0.25, -0.2) is 4.57 Å². The van der Waals surface area contributed by atoms with Crippen molar-refractivity contribution in [1.82, 2.24) is 0 Å². The van der Waals surface area contributed by atoms with E-state index in [0.717, 1.165) is 5.69 Å². The lowest BCUT2D eigenvalue weighted by atomic mass is 10.3. The molecular weight excluding hydrogens is 154 g/mol. The molecule has 0 bridgehead atoms. The number of hydrogen-bond donors (Lipinski definition) is 0. The number of nitrogens with zero attached hydrogens (tertiary/aromatic N) is 1. The van der Waals surface area contributed by atoms with E-state index in [9.17, 15) is 4.79 Å². The van der Waals surface area contributed by atoms with Gasteiger partial charge in [0.25, 0.3) is 0 Å². The van der Waals surface area contributed by atoms with Gasteiger partial charge >= 0.3 is 5.97 Å². The van der Waals surface area contributed by atoms with E-state index >= 15 is 0 Å². The van der Waals surface area contributed by atoms with E-state index in [4.69, 9.17) is 4.74 Å². The van der Waals surface area contributed by atoms with Gasteiger partial charge in [-0.1, -0.05) is 0 Å². The number of aromatic nitrogens is 1. The van der Waals surface area contributed by atoms with Gasteiger partial charge in [0.15, 0.2) is 12.8 Å². The van der Waals surface area contributed by atoms with E-state index < -0.39 is 0 Å². The third-order valence-electron chi connectivity index (χ3n) is 1.59. The first-order valence-corrected chi connectivity index (χ1v) is 3.77. The highest BCUT2D eigenvalue weighted by Gasteiger charge is 2.05. The normalized spacial score (nSPS) is 9.50. The Hall–Kier alpha value is -1.38. The lowest BCUT2D eigenvalue weighted by molar-refractivity contribution is -0.681. The second-order valence-electron chi connectivity index (χ2n) is 2.58. The molecule has 1 aromatic rings. The Kier molecular flexibility index (Phi) is 2.80. The van der Waals surface area contributed by atoms with E-state index in [1.807, 2.05) is 36.0 Å². The number of carbonyl (C=O) groups is 1. The number of aryl methyl sites for hydroxylation is 1. The van der Waals surface area contributed by atoms with Crippen LogP contribution in [0.25, 0.3) is 0 Å². The van der Waals surface area contributed by atoms with E-state index in [2.05, 4.69) is 0 Å². The maximum Gasteiger partial charge on any atom is 0.303 e. The lowest BCUT2D eigenvalue weighted by Gasteiger charge is -1.99. The molecule has 0 radical (unpaired) electrons. The first-order valence-electron chi connectivity index (χ1n) is 3.77. The molecule has 3 heteroatoms. The van der Waals surface area contributed by atoms with E-state index in [-0.39, 0.29) is 5.97 Å². The van der Waals surface area contributed by atoms with Gasteiger partial charge in [0.05, 0.1) is 0 Å². The van der Waals surface area contributed by atoms with Crippen molar-refractivity contribution in [2.75, 3.05) is 0 Å². The van der Waals surface area contributed by atoms with Gasteiger partial charge in [0, 0.05) is 19.1 Å². The summed E-state index contributed by atoms with van der Waals surface area (Å²) in [7, 11) is 1.92. The van der Waals surface area contributed by atoms with Crippen LogP contribution in [0.3, 0.4) is 0 Å². The van der Waals surface area contributed by atoms with Gasteiger partial charge in [-0.3, -0.25) is 4.79 Å². The number of esters is 1. The summed E-state index contributed by atoms with van der Waals surface area (Å²) in [5.74, 6) is -0.251. The molecule has 1 aromatic heterocycles. The molecule has 0 aromatic carbocycles. The molecule has 0 unspecified atom stereocenters. The van der Waals surface area contributed by atoms with Crippen LogP contribution >= 0.6 is 0 Å². The maximum atomic E-state index is 10.5. The van der Waals surface area contributed by atoms with Crippen molar-refractivity contribution in [3.8, 4) is 0 Å². The second kappa shape index (κ2) is 3.85. The summed E-state index contributed by atoms with van der Waals surface area (Å²) in [5.41, 5.74) is 0.979. The van der Waals surface area contributed by atoms with Gasteiger partial charge in [-0.2, -0.15) is 0 Å². The molecule has 0 aliphatic carbocycles. The zero-order chi connectivity index (χ0) is 8.97. The van der Waals surface area contributed by atoms with Crippen LogP contribution in [0, 0.1) is 0 Å². The van der Waals surface area contributed by atoms with Crippen LogP contribution in [0.1, 0.15) is 12.6 Å². The number of hydrogen-bond acceptors (Lipinski definition) is 2. The standard InChI is InChI=1S/C9H12NO2/c1-8(11)12-7-9-5-3-4-6-10(9)2/h3-6H,7H2,1-2H3/q+1. The number of rotatable bonds is 2. The highest BCUT2D eigenvalue weighted by molar-refractivity contribution is 5.65. The number of carbonyl (C=O) groups excluding carboxylic acids is 1. The molecule has 0 fully saturated rings. The Morgan fingerprint density at radius 3 is 2.92 bits per heavy atom. The molecule has 1 rings (SSSR count). The van der Waals surface area contributed by atoms with Crippen LogP contribution in [0.5, 0.6) is 0 Å². The minimum atomic E-state index is -0.251. The highest BCUT2D eigenvalue weighted by Crippen LogP contribution is 1.93. The molecule has 0 saturated carbocycles. The highest BCUT2D eigenvalue weighted by atomic mass is 16.5. The SMILES string of the molecule is CC(=O)OCc1cccc[n+]1C. The molecule has 0 aliphatic rings. The maximum absolute atomic E-state index is 10.5. The fraction of sp³-hybridized carbons (Fsp3) is 0.333. The van der Waals surface area contributed by atoms with Gasteiger partial charge in [0.1, 0.15) is 7.05 Å². The predicted octanol–water partition coefficient (Wildman–Crippen LogP) is 0.574. The van der Waals surface area contributed by atoms with Crippen molar-refractivity contribution < 1.29 is 14.1 Å². The molecule has 0 spiro atoms. The molecule has 1 heterocycles. The molecule has 0 N–H and O–H groups in total. The topological polar surface area (TPSA) is 30.2 Å². The molecule has 64 valence electrons. The Bertz CT molecular complexity index is 284. The second-order valence-corrected chi connectivity index (χ2v) is 2.58. The Morgan fingerprint density at radius 2 is 2.33 bits per heavy atom. The Labute approximate surface area is 71.6 Å². The summed E-state index contributed by atoms with van der Waals surface area (Å²) in [6, 6.07) is 5.76. The third-order valence-corrected chi connectivity index (χ3v) is 1.59. The van der Waals surface area contributed by atoms with Crippen molar-refractivity contribution in [2.24, 2.45) is 7.05 Å². The summed E-state index contributed by atoms with van der Waals surface area (Å²) in [6.45, 7) is 1.75. The van der Waals surface area contributed by atoms with Crippen molar-refractivity contribution in [3.05, 3.63) is 30.1 Å². The zero-order valence-corrected chi connectivity index (χ0v) is 7.28. The molecule has 0 atom stereocenters. The van der Waals surface area contributed by atoms with Crippen molar-refractivity contribution >= 4 is 5.97 Å². The number of ether oxygens (including phenoxy) is 1. The third kappa shape index (κ3) is 2.34. The van der Waals surface area contributed by atoms with Crippen LogP contribution in [-0.2, 0) is 23.2 Å². The fourth-order valence-electron chi connectivity index (χ4n) is 0.884.